The lowest BCUT2D eigenvalue weighted by Gasteiger charge is -2.14. The summed E-state index contributed by atoms with van der Waals surface area (Å²) in [5.74, 6) is 6.26. The van der Waals surface area contributed by atoms with Gasteiger partial charge in [-0.05, 0) is 28.1 Å². The molecule has 0 aromatic carbocycles. The summed E-state index contributed by atoms with van der Waals surface area (Å²) in [6.45, 7) is 0. The molecule has 0 aliphatic carbocycles. The van der Waals surface area contributed by atoms with Crippen molar-refractivity contribution in [1.82, 2.24) is 15.2 Å². The Morgan fingerprint density at radius 3 is 2.87 bits per heavy atom. The average Bonchev–Trinajstić information content (AvgIpc) is 2.80. The van der Waals surface area contributed by atoms with Gasteiger partial charge in [0.2, 0.25) is 0 Å². The van der Waals surface area contributed by atoms with Gasteiger partial charge in [0.05, 0.1) is 16.4 Å². The highest BCUT2D eigenvalue weighted by Gasteiger charge is 2.21. The van der Waals surface area contributed by atoms with Gasteiger partial charge in [0.25, 0.3) is 0 Å². The van der Waals surface area contributed by atoms with Crippen LogP contribution in [-0.4, -0.2) is 9.78 Å². The van der Waals surface area contributed by atoms with Crippen molar-refractivity contribution in [3.8, 4) is 0 Å². The Morgan fingerprint density at radius 1 is 1.60 bits per heavy atom. The minimum Gasteiger partial charge on any atom is -0.466 e. The van der Waals surface area contributed by atoms with Crippen LogP contribution in [0, 0.1) is 0 Å². The quantitative estimate of drug-likeness (QED) is 0.652. The predicted octanol–water partition coefficient (Wildman–Crippen LogP) is 1.33. The average molecular weight is 271 g/mol. The van der Waals surface area contributed by atoms with Gasteiger partial charge in [-0.15, -0.1) is 0 Å². The molecule has 3 N–H and O–H groups in total. The Balaban J connectivity index is 2.41. The van der Waals surface area contributed by atoms with Gasteiger partial charge in [-0.3, -0.25) is 10.5 Å². The third-order valence-corrected chi connectivity index (χ3v) is 2.88. The lowest BCUT2D eigenvalue weighted by atomic mass is 10.1. The van der Waals surface area contributed by atoms with Crippen molar-refractivity contribution < 1.29 is 4.42 Å². The number of aryl methyl sites for hydroxylation is 1. The number of hydrazine groups is 1. The van der Waals surface area contributed by atoms with Gasteiger partial charge in [0.1, 0.15) is 11.8 Å². The van der Waals surface area contributed by atoms with Crippen molar-refractivity contribution in [2.24, 2.45) is 12.9 Å². The zero-order valence-corrected chi connectivity index (χ0v) is 9.73. The van der Waals surface area contributed by atoms with E-state index in [1.165, 1.54) is 0 Å². The normalized spacial score (nSPS) is 13.0. The number of nitrogens with zero attached hydrogens (tertiary/aromatic N) is 2. The molecule has 0 saturated heterocycles. The molecule has 0 aliphatic heterocycles. The molecule has 6 heteroatoms. The van der Waals surface area contributed by atoms with Crippen molar-refractivity contribution in [3.05, 3.63) is 40.5 Å². The van der Waals surface area contributed by atoms with Crippen molar-refractivity contribution >= 4 is 15.9 Å². The molecule has 0 aliphatic rings. The topological polar surface area (TPSA) is 69.0 Å². The molecule has 2 aromatic rings. The van der Waals surface area contributed by atoms with Crippen LogP contribution in [0.3, 0.4) is 0 Å². The van der Waals surface area contributed by atoms with E-state index in [4.69, 9.17) is 10.3 Å². The van der Waals surface area contributed by atoms with Gasteiger partial charge in [-0.2, -0.15) is 5.10 Å². The first kappa shape index (κ1) is 10.4. The molecular formula is C9H11BrN4O. The zero-order valence-electron chi connectivity index (χ0n) is 8.14. The Hall–Kier alpha value is -1.11. The van der Waals surface area contributed by atoms with E-state index in [-0.39, 0.29) is 6.04 Å². The minimum absolute atomic E-state index is 0.207. The third-order valence-electron chi connectivity index (χ3n) is 2.23. The highest BCUT2D eigenvalue weighted by atomic mass is 79.9. The Morgan fingerprint density at radius 2 is 2.40 bits per heavy atom. The van der Waals surface area contributed by atoms with Gasteiger partial charge in [0, 0.05) is 13.2 Å². The number of halogens is 1. The standard InChI is InChI=1S/C9H11BrN4O/c1-14-7(2-4-12-14)8(13-11)9-6(10)3-5-15-9/h2-5,8,13H,11H2,1H3. The predicted molar refractivity (Wildman–Crippen MR) is 58.8 cm³/mol. The molecule has 0 fully saturated rings. The van der Waals surface area contributed by atoms with E-state index >= 15 is 0 Å². The van der Waals surface area contributed by atoms with Crippen LogP contribution in [-0.2, 0) is 7.05 Å². The molecule has 0 bridgehead atoms. The SMILES string of the molecule is Cn1nccc1C(NN)c1occc1Br. The van der Waals surface area contributed by atoms with Gasteiger partial charge in [0.15, 0.2) is 0 Å². The first-order chi connectivity index (χ1) is 7.24. The number of nitrogens with two attached hydrogens (primary N) is 1. The van der Waals surface area contributed by atoms with Crippen molar-refractivity contribution in [2.45, 2.75) is 6.04 Å². The second-order valence-electron chi connectivity index (χ2n) is 3.11. The summed E-state index contributed by atoms with van der Waals surface area (Å²) in [5.41, 5.74) is 3.64. The number of hydrogen-bond acceptors (Lipinski definition) is 4. The molecule has 2 rings (SSSR count). The summed E-state index contributed by atoms with van der Waals surface area (Å²) in [5, 5.41) is 4.09. The van der Waals surface area contributed by atoms with Gasteiger partial charge in [-0.25, -0.2) is 5.43 Å². The van der Waals surface area contributed by atoms with Crippen LogP contribution in [0.5, 0.6) is 0 Å². The molecular weight excluding hydrogens is 260 g/mol. The first-order valence-corrected chi connectivity index (χ1v) is 5.20. The van der Waals surface area contributed by atoms with Gasteiger partial charge < -0.3 is 4.42 Å². The van der Waals surface area contributed by atoms with Crippen LogP contribution in [0.2, 0.25) is 0 Å². The van der Waals surface area contributed by atoms with Crippen LogP contribution >= 0.6 is 15.9 Å². The maximum absolute atomic E-state index is 5.52. The van der Waals surface area contributed by atoms with Gasteiger partial charge >= 0.3 is 0 Å². The Bertz CT molecular complexity index is 410. The minimum atomic E-state index is -0.207. The van der Waals surface area contributed by atoms with Crippen LogP contribution in [0.1, 0.15) is 17.5 Å². The van der Waals surface area contributed by atoms with E-state index in [1.807, 2.05) is 19.2 Å². The maximum atomic E-state index is 5.52. The van der Waals surface area contributed by atoms with Crippen LogP contribution < -0.4 is 11.3 Å². The van der Waals surface area contributed by atoms with Crippen molar-refractivity contribution in [1.29, 1.82) is 0 Å². The molecule has 0 spiro atoms. The number of rotatable bonds is 3. The number of hydrogen-bond donors (Lipinski definition) is 2. The molecule has 2 heterocycles. The smallest absolute Gasteiger partial charge is 0.142 e. The lowest BCUT2D eigenvalue weighted by Crippen LogP contribution is -2.30. The van der Waals surface area contributed by atoms with E-state index in [0.717, 1.165) is 15.9 Å². The molecule has 0 amide bonds. The third kappa shape index (κ3) is 1.83. The molecule has 5 nitrogen and oxygen atoms in total. The van der Waals surface area contributed by atoms with Gasteiger partial charge in [-0.1, -0.05) is 0 Å². The highest BCUT2D eigenvalue weighted by molar-refractivity contribution is 9.10. The number of furan rings is 1. The van der Waals surface area contributed by atoms with Crippen molar-refractivity contribution in [3.63, 3.8) is 0 Å². The maximum Gasteiger partial charge on any atom is 0.142 e. The molecule has 15 heavy (non-hydrogen) atoms. The lowest BCUT2D eigenvalue weighted by molar-refractivity contribution is 0.435. The highest BCUT2D eigenvalue weighted by Crippen LogP contribution is 2.28. The van der Waals surface area contributed by atoms with E-state index in [0.29, 0.717) is 0 Å². The molecule has 2 aromatic heterocycles. The second kappa shape index (κ2) is 4.18. The molecule has 80 valence electrons. The van der Waals surface area contributed by atoms with Crippen LogP contribution in [0.15, 0.2) is 33.5 Å². The summed E-state index contributed by atoms with van der Waals surface area (Å²) in [4.78, 5) is 0. The Kier molecular flexibility index (Phi) is 2.90. The van der Waals surface area contributed by atoms with E-state index < -0.39 is 0 Å². The summed E-state index contributed by atoms with van der Waals surface area (Å²) in [7, 11) is 1.86. The summed E-state index contributed by atoms with van der Waals surface area (Å²) in [6.07, 6.45) is 3.33. The summed E-state index contributed by atoms with van der Waals surface area (Å²) >= 11 is 3.40. The molecule has 1 unspecified atom stereocenters. The number of aromatic nitrogens is 2. The van der Waals surface area contributed by atoms with Crippen molar-refractivity contribution in [2.75, 3.05) is 0 Å². The van der Waals surface area contributed by atoms with Crippen LogP contribution in [0.4, 0.5) is 0 Å². The zero-order chi connectivity index (χ0) is 10.8. The van der Waals surface area contributed by atoms with E-state index in [2.05, 4.69) is 26.5 Å². The molecule has 0 saturated carbocycles. The Labute approximate surface area is 95.3 Å². The largest absolute Gasteiger partial charge is 0.466 e. The van der Waals surface area contributed by atoms with E-state index in [9.17, 15) is 0 Å². The fraction of sp³-hybridized carbons (Fsp3) is 0.222. The first-order valence-electron chi connectivity index (χ1n) is 4.41. The second-order valence-corrected chi connectivity index (χ2v) is 3.97. The number of nitrogens with one attached hydrogen (secondary N) is 1. The molecule has 1 atom stereocenters. The van der Waals surface area contributed by atoms with E-state index in [1.54, 1.807) is 17.1 Å². The fourth-order valence-corrected chi connectivity index (χ4v) is 1.90. The summed E-state index contributed by atoms with van der Waals surface area (Å²) < 4.78 is 8.00. The fourth-order valence-electron chi connectivity index (χ4n) is 1.47. The molecule has 0 radical (unpaired) electrons. The van der Waals surface area contributed by atoms with Crippen LogP contribution in [0.25, 0.3) is 0 Å². The summed E-state index contributed by atoms with van der Waals surface area (Å²) in [6, 6.07) is 3.51. The monoisotopic (exact) mass is 270 g/mol.